The molecule has 9 atom stereocenters. The lowest BCUT2D eigenvalue weighted by Gasteiger charge is -2.49. The number of nitrogens with two attached hydrogens (primary N) is 1. The Hall–Kier alpha value is -5.19. The van der Waals surface area contributed by atoms with Crippen molar-refractivity contribution in [3.8, 4) is 0 Å². The molecule has 3 aliphatic rings. The second kappa shape index (κ2) is 19.8. The number of rotatable bonds is 18. The van der Waals surface area contributed by atoms with E-state index in [4.69, 9.17) is 34.2 Å². The van der Waals surface area contributed by atoms with Crippen LogP contribution in [-0.2, 0) is 65.6 Å². The molecule has 15 nitrogen and oxygen atoms in total. The van der Waals surface area contributed by atoms with Gasteiger partial charge in [0.1, 0.15) is 43.1 Å². The van der Waals surface area contributed by atoms with E-state index in [9.17, 15) is 24.0 Å². The third-order valence-electron chi connectivity index (χ3n) is 9.95. The summed E-state index contributed by atoms with van der Waals surface area (Å²) in [5.41, 5.74) is 7.98. The highest BCUT2D eigenvalue weighted by molar-refractivity contribution is 5.92. The predicted molar refractivity (Wildman–Crippen MR) is 203 cm³/mol. The molecule has 3 aromatic carbocycles. The highest BCUT2D eigenvalue weighted by atomic mass is 16.8. The third kappa shape index (κ3) is 11.7. The Kier molecular flexibility index (Phi) is 14.4. The SMILES string of the molecule is C[C@H](NC(=O)[C@@H](C)O[C@H]1[C@@H]2O[C@@H](c3ccccc3)OC(OCc3ccccc3)[C@@H]2OC[C@H]1NC(=O)C1CC1)C(=O)N[C@H](CCC(=O)OCc1ccccc1)C(N)=O. The average molecular weight is 787 g/mol. The highest BCUT2D eigenvalue weighted by Gasteiger charge is 2.53. The molecule has 6 rings (SSSR count). The van der Waals surface area contributed by atoms with Gasteiger partial charge in [0, 0.05) is 17.9 Å². The van der Waals surface area contributed by atoms with Crippen LogP contribution in [0, 0.1) is 5.92 Å². The van der Waals surface area contributed by atoms with E-state index in [1.807, 2.05) is 91.0 Å². The quantitative estimate of drug-likeness (QED) is 0.138. The minimum Gasteiger partial charge on any atom is -0.461 e. The maximum atomic E-state index is 13.6. The molecule has 0 spiro atoms. The second-order valence-corrected chi connectivity index (χ2v) is 14.5. The minimum absolute atomic E-state index is 0.0274. The van der Waals surface area contributed by atoms with Gasteiger partial charge in [0.15, 0.2) is 12.6 Å². The lowest BCUT2D eigenvalue weighted by Crippen LogP contribution is -2.67. The van der Waals surface area contributed by atoms with Crippen LogP contribution in [0.15, 0.2) is 91.0 Å². The Morgan fingerprint density at radius 2 is 1.42 bits per heavy atom. The van der Waals surface area contributed by atoms with Gasteiger partial charge in [-0.25, -0.2) is 0 Å². The Bertz CT molecular complexity index is 1810. The van der Waals surface area contributed by atoms with Gasteiger partial charge in [-0.05, 0) is 44.2 Å². The largest absolute Gasteiger partial charge is 0.461 e. The topological polar surface area (TPSA) is 203 Å². The van der Waals surface area contributed by atoms with Gasteiger partial charge < -0.3 is 50.1 Å². The maximum Gasteiger partial charge on any atom is 0.306 e. The number of hydrogen-bond donors (Lipinski definition) is 4. The summed E-state index contributed by atoms with van der Waals surface area (Å²) in [6.07, 6.45) is -4.23. The molecule has 4 amide bonds. The summed E-state index contributed by atoms with van der Waals surface area (Å²) in [5.74, 6) is -3.01. The molecular formula is C42H50N4O11. The standard InChI is InChI=1S/C42H50N4O11/c1-25(38(49)45-31(37(43)48)20-21-33(47)52-22-27-12-6-3-7-13-27)44-39(50)26(2)55-34-32(46-40(51)29-18-19-29)24-53-36-35(34)56-41(30-16-10-5-11-17-30)57-42(36)54-23-28-14-8-4-9-15-28/h3-17,25-26,29,31-32,34-36,41-42H,18-24H2,1-2H3,(H2,43,48)(H,44,50)(H,45,49)(H,46,51)/t25-,26+,31+,32+,34+,35-,36+,41+,42?/m0/s1. The molecule has 0 radical (unpaired) electrons. The van der Waals surface area contributed by atoms with Crippen molar-refractivity contribution in [3.05, 3.63) is 108 Å². The molecule has 1 unspecified atom stereocenters. The summed E-state index contributed by atoms with van der Waals surface area (Å²) >= 11 is 0. The van der Waals surface area contributed by atoms with Crippen LogP contribution in [0.4, 0.5) is 0 Å². The van der Waals surface area contributed by atoms with E-state index in [0.29, 0.717) is 0 Å². The van der Waals surface area contributed by atoms with Crippen LogP contribution >= 0.6 is 0 Å². The van der Waals surface area contributed by atoms with Crippen LogP contribution in [0.2, 0.25) is 0 Å². The lowest BCUT2D eigenvalue weighted by atomic mass is 9.95. The zero-order valence-electron chi connectivity index (χ0n) is 32.0. The molecule has 2 heterocycles. The van der Waals surface area contributed by atoms with Gasteiger partial charge in [0.25, 0.3) is 0 Å². The number of amides is 4. The Labute approximate surface area is 331 Å². The van der Waals surface area contributed by atoms with Gasteiger partial charge in [0.2, 0.25) is 23.6 Å². The number of fused-ring (bicyclic) bond motifs is 1. The Balaban J connectivity index is 1.10. The number of benzene rings is 3. The fourth-order valence-electron chi connectivity index (χ4n) is 6.53. The van der Waals surface area contributed by atoms with Crippen LogP contribution in [0.5, 0.6) is 0 Å². The zero-order valence-corrected chi connectivity index (χ0v) is 32.0. The monoisotopic (exact) mass is 786 g/mol. The molecular weight excluding hydrogens is 736 g/mol. The summed E-state index contributed by atoms with van der Waals surface area (Å²) in [6.45, 7) is 3.28. The normalized spacial score (nSPS) is 24.5. The van der Waals surface area contributed by atoms with Crippen molar-refractivity contribution >= 4 is 29.6 Å². The van der Waals surface area contributed by atoms with Gasteiger partial charge in [-0.3, -0.25) is 24.0 Å². The first-order valence-corrected chi connectivity index (χ1v) is 19.2. The number of nitrogens with one attached hydrogen (secondary N) is 3. The fraction of sp³-hybridized carbons (Fsp3) is 0.452. The Morgan fingerprint density at radius 3 is 2.05 bits per heavy atom. The molecule has 15 heteroatoms. The summed E-state index contributed by atoms with van der Waals surface area (Å²) in [4.78, 5) is 64.3. The summed E-state index contributed by atoms with van der Waals surface area (Å²) in [6, 6.07) is 25.0. The van der Waals surface area contributed by atoms with Crippen molar-refractivity contribution in [1.29, 1.82) is 0 Å². The number of carbonyl (C=O) groups is 5. The van der Waals surface area contributed by atoms with Crippen LogP contribution < -0.4 is 21.7 Å². The molecule has 3 fully saturated rings. The number of ether oxygens (including phenoxy) is 6. The molecule has 57 heavy (non-hydrogen) atoms. The molecule has 0 bridgehead atoms. The number of esters is 1. The maximum absolute atomic E-state index is 13.6. The predicted octanol–water partition coefficient (Wildman–Crippen LogP) is 2.71. The molecule has 1 aliphatic carbocycles. The average Bonchev–Trinajstić information content (AvgIpc) is 4.08. The molecule has 1 saturated carbocycles. The van der Waals surface area contributed by atoms with E-state index < -0.39 is 78.8 Å². The fourth-order valence-corrected chi connectivity index (χ4v) is 6.53. The summed E-state index contributed by atoms with van der Waals surface area (Å²) in [5, 5.41) is 8.18. The van der Waals surface area contributed by atoms with Crippen molar-refractivity contribution < 1.29 is 52.4 Å². The van der Waals surface area contributed by atoms with E-state index in [0.717, 1.165) is 29.5 Å². The van der Waals surface area contributed by atoms with Crippen LogP contribution in [-0.4, -0.2) is 85.0 Å². The second-order valence-electron chi connectivity index (χ2n) is 14.5. The number of primary amides is 1. The van der Waals surface area contributed by atoms with Gasteiger partial charge in [-0.15, -0.1) is 0 Å². The van der Waals surface area contributed by atoms with Gasteiger partial charge in [0.05, 0.1) is 19.3 Å². The van der Waals surface area contributed by atoms with Crippen molar-refractivity contribution in [2.24, 2.45) is 11.7 Å². The molecule has 3 aromatic rings. The van der Waals surface area contributed by atoms with Crippen LogP contribution in [0.1, 0.15) is 62.5 Å². The zero-order chi connectivity index (χ0) is 40.3. The van der Waals surface area contributed by atoms with E-state index in [2.05, 4.69) is 16.0 Å². The third-order valence-corrected chi connectivity index (χ3v) is 9.95. The number of carbonyl (C=O) groups excluding carboxylic acids is 5. The minimum atomic E-state index is -1.19. The van der Waals surface area contributed by atoms with E-state index in [-0.39, 0.29) is 44.5 Å². The summed E-state index contributed by atoms with van der Waals surface area (Å²) in [7, 11) is 0. The van der Waals surface area contributed by atoms with Crippen molar-refractivity contribution in [2.75, 3.05) is 6.61 Å². The van der Waals surface area contributed by atoms with E-state index >= 15 is 0 Å². The summed E-state index contributed by atoms with van der Waals surface area (Å²) < 4.78 is 37.1. The smallest absolute Gasteiger partial charge is 0.306 e. The van der Waals surface area contributed by atoms with Gasteiger partial charge >= 0.3 is 5.97 Å². The lowest BCUT2D eigenvalue weighted by molar-refractivity contribution is -0.383. The van der Waals surface area contributed by atoms with Crippen LogP contribution in [0.3, 0.4) is 0 Å². The first-order valence-electron chi connectivity index (χ1n) is 19.2. The Morgan fingerprint density at radius 1 is 0.789 bits per heavy atom. The molecule has 0 aromatic heterocycles. The number of hydrogen-bond acceptors (Lipinski definition) is 11. The molecule has 304 valence electrons. The van der Waals surface area contributed by atoms with E-state index in [1.165, 1.54) is 13.8 Å². The molecule has 2 aliphatic heterocycles. The molecule has 2 saturated heterocycles. The molecule has 5 N–H and O–H groups in total. The van der Waals surface area contributed by atoms with Gasteiger partial charge in [-0.2, -0.15) is 0 Å². The van der Waals surface area contributed by atoms with E-state index in [1.54, 1.807) is 0 Å². The van der Waals surface area contributed by atoms with Crippen molar-refractivity contribution in [2.45, 2.75) is 108 Å². The van der Waals surface area contributed by atoms with Crippen LogP contribution in [0.25, 0.3) is 0 Å². The highest BCUT2D eigenvalue weighted by Crippen LogP contribution is 2.38. The van der Waals surface area contributed by atoms with Gasteiger partial charge in [-0.1, -0.05) is 91.0 Å². The first kappa shape index (κ1) is 41.4. The van der Waals surface area contributed by atoms with Crippen molar-refractivity contribution in [3.63, 3.8) is 0 Å². The van der Waals surface area contributed by atoms with Crippen molar-refractivity contribution in [1.82, 2.24) is 16.0 Å². The first-order chi connectivity index (χ1) is 27.5.